The van der Waals surface area contributed by atoms with Gasteiger partial charge in [0.2, 0.25) is 5.89 Å². The summed E-state index contributed by atoms with van der Waals surface area (Å²) in [6, 6.07) is 12.9. The maximum atomic E-state index is 5.93. The predicted octanol–water partition coefficient (Wildman–Crippen LogP) is 5.45. The Balaban J connectivity index is 1.57. The van der Waals surface area contributed by atoms with Gasteiger partial charge in [0.25, 0.3) is 0 Å². The van der Waals surface area contributed by atoms with Crippen molar-refractivity contribution in [1.29, 1.82) is 0 Å². The van der Waals surface area contributed by atoms with Crippen LogP contribution in [0.4, 0.5) is 0 Å². The Hall–Kier alpha value is -2.11. The Morgan fingerprint density at radius 1 is 1.27 bits per heavy atom. The van der Waals surface area contributed by atoms with Gasteiger partial charge in [0.15, 0.2) is 0 Å². The Morgan fingerprint density at radius 2 is 2.19 bits per heavy atom. The van der Waals surface area contributed by atoms with Crippen LogP contribution in [0, 0.1) is 6.92 Å². The van der Waals surface area contributed by atoms with E-state index in [1.165, 1.54) is 24.8 Å². The number of piperidine rings is 1. The van der Waals surface area contributed by atoms with E-state index < -0.39 is 0 Å². The predicted molar refractivity (Wildman–Crippen MR) is 105 cm³/mol. The third kappa shape index (κ3) is 3.55. The molecule has 1 saturated heterocycles. The molecule has 4 rings (SSSR count). The standard InChI is InChI=1S/C21H24N2O2S/c1-15-18(22-21(25-15)20-10-6-12-26-20)14-23-11-4-3-9-19(23)16-7-5-8-17(13-16)24-2/h5-8,10,12-13,19H,3-4,9,11,14H2,1-2H3/t19-/m1/s1. The van der Waals surface area contributed by atoms with Crippen molar-refractivity contribution in [2.75, 3.05) is 13.7 Å². The first-order valence-corrected chi connectivity index (χ1v) is 10.0. The second kappa shape index (κ2) is 7.64. The molecule has 26 heavy (non-hydrogen) atoms. The van der Waals surface area contributed by atoms with Crippen molar-refractivity contribution in [1.82, 2.24) is 9.88 Å². The van der Waals surface area contributed by atoms with Crippen LogP contribution in [0.2, 0.25) is 0 Å². The van der Waals surface area contributed by atoms with Gasteiger partial charge in [-0.05, 0) is 55.5 Å². The van der Waals surface area contributed by atoms with Crippen molar-refractivity contribution in [3.05, 3.63) is 58.8 Å². The number of ether oxygens (including phenoxy) is 1. The number of rotatable bonds is 5. The van der Waals surface area contributed by atoms with E-state index in [0.29, 0.717) is 6.04 Å². The fourth-order valence-corrected chi connectivity index (χ4v) is 4.33. The van der Waals surface area contributed by atoms with Gasteiger partial charge in [0.1, 0.15) is 11.5 Å². The summed E-state index contributed by atoms with van der Waals surface area (Å²) >= 11 is 1.66. The zero-order valence-electron chi connectivity index (χ0n) is 15.3. The number of benzene rings is 1. The number of likely N-dealkylation sites (tertiary alicyclic amines) is 1. The van der Waals surface area contributed by atoms with Crippen LogP contribution < -0.4 is 4.74 Å². The molecule has 1 aromatic carbocycles. The van der Waals surface area contributed by atoms with Gasteiger partial charge in [-0.1, -0.05) is 24.6 Å². The van der Waals surface area contributed by atoms with E-state index in [0.717, 1.165) is 41.1 Å². The van der Waals surface area contributed by atoms with Gasteiger partial charge >= 0.3 is 0 Å². The number of oxazole rings is 1. The molecule has 4 nitrogen and oxygen atoms in total. The number of aryl methyl sites for hydroxylation is 1. The van der Waals surface area contributed by atoms with Gasteiger partial charge in [0, 0.05) is 12.6 Å². The van der Waals surface area contributed by atoms with Crippen LogP contribution in [0.15, 0.2) is 46.2 Å². The third-order valence-electron chi connectivity index (χ3n) is 5.07. The molecule has 1 aliphatic heterocycles. The van der Waals surface area contributed by atoms with E-state index in [2.05, 4.69) is 34.5 Å². The van der Waals surface area contributed by atoms with Crippen molar-refractivity contribution in [2.45, 2.75) is 38.8 Å². The second-order valence-electron chi connectivity index (χ2n) is 6.76. The lowest BCUT2D eigenvalue weighted by molar-refractivity contribution is 0.138. The monoisotopic (exact) mass is 368 g/mol. The lowest BCUT2D eigenvalue weighted by Crippen LogP contribution is -2.33. The molecule has 0 bridgehead atoms. The van der Waals surface area contributed by atoms with Gasteiger partial charge < -0.3 is 9.15 Å². The van der Waals surface area contributed by atoms with Gasteiger partial charge in [0.05, 0.1) is 17.7 Å². The number of methoxy groups -OCH3 is 1. The molecule has 0 saturated carbocycles. The van der Waals surface area contributed by atoms with Gasteiger partial charge in [-0.3, -0.25) is 4.90 Å². The average molecular weight is 369 g/mol. The normalized spacial score (nSPS) is 18.2. The zero-order valence-corrected chi connectivity index (χ0v) is 16.1. The highest BCUT2D eigenvalue weighted by Crippen LogP contribution is 2.34. The molecule has 0 unspecified atom stereocenters. The minimum absolute atomic E-state index is 0.403. The van der Waals surface area contributed by atoms with E-state index >= 15 is 0 Å². The molecule has 0 N–H and O–H groups in total. The van der Waals surface area contributed by atoms with E-state index in [4.69, 9.17) is 14.1 Å². The van der Waals surface area contributed by atoms with Crippen molar-refractivity contribution in [3.63, 3.8) is 0 Å². The summed E-state index contributed by atoms with van der Waals surface area (Å²) in [4.78, 5) is 8.40. The average Bonchev–Trinajstić information content (AvgIpc) is 3.33. The van der Waals surface area contributed by atoms with Crippen molar-refractivity contribution in [3.8, 4) is 16.5 Å². The highest BCUT2D eigenvalue weighted by Gasteiger charge is 2.26. The van der Waals surface area contributed by atoms with E-state index in [1.807, 2.05) is 19.1 Å². The van der Waals surface area contributed by atoms with Crippen molar-refractivity contribution < 1.29 is 9.15 Å². The Labute approximate surface area is 158 Å². The summed E-state index contributed by atoms with van der Waals surface area (Å²) in [5, 5.41) is 2.05. The summed E-state index contributed by atoms with van der Waals surface area (Å²) < 4.78 is 11.3. The van der Waals surface area contributed by atoms with E-state index in [-0.39, 0.29) is 0 Å². The minimum atomic E-state index is 0.403. The van der Waals surface area contributed by atoms with Gasteiger partial charge in [-0.15, -0.1) is 11.3 Å². The van der Waals surface area contributed by atoms with E-state index in [1.54, 1.807) is 18.4 Å². The lowest BCUT2D eigenvalue weighted by Gasteiger charge is -2.35. The molecular formula is C21H24N2O2S. The maximum absolute atomic E-state index is 5.93. The minimum Gasteiger partial charge on any atom is -0.497 e. The van der Waals surface area contributed by atoms with Crippen molar-refractivity contribution in [2.24, 2.45) is 0 Å². The van der Waals surface area contributed by atoms with Crippen LogP contribution in [0.5, 0.6) is 5.75 Å². The van der Waals surface area contributed by atoms with Gasteiger partial charge in [-0.25, -0.2) is 4.98 Å². The highest BCUT2D eigenvalue weighted by atomic mass is 32.1. The molecule has 2 aromatic heterocycles. The first-order valence-electron chi connectivity index (χ1n) is 9.13. The molecule has 1 aliphatic rings. The van der Waals surface area contributed by atoms with Crippen LogP contribution in [0.3, 0.4) is 0 Å². The zero-order chi connectivity index (χ0) is 17.9. The molecular weight excluding hydrogens is 344 g/mol. The molecule has 0 spiro atoms. The van der Waals surface area contributed by atoms with Crippen LogP contribution >= 0.6 is 11.3 Å². The van der Waals surface area contributed by atoms with Gasteiger partial charge in [-0.2, -0.15) is 0 Å². The largest absolute Gasteiger partial charge is 0.497 e. The molecule has 0 amide bonds. The molecule has 136 valence electrons. The van der Waals surface area contributed by atoms with Crippen LogP contribution in [0.25, 0.3) is 10.8 Å². The lowest BCUT2D eigenvalue weighted by atomic mass is 9.95. The number of nitrogens with zero attached hydrogens (tertiary/aromatic N) is 2. The summed E-state index contributed by atoms with van der Waals surface area (Å²) in [7, 11) is 1.72. The Bertz CT molecular complexity index is 857. The first-order chi connectivity index (χ1) is 12.7. The van der Waals surface area contributed by atoms with E-state index in [9.17, 15) is 0 Å². The fourth-order valence-electron chi connectivity index (χ4n) is 3.68. The number of aromatic nitrogens is 1. The Morgan fingerprint density at radius 3 is 3.00 bits per heavy atom. The number of thiophene rings is 1. The number of hydrogen-bond donors (Lipinski definition) is 0. The molecule has 5 heteroatoms. The SMILES string of the molecule is COc1cccc([C@H]2CCCCN2Cc2nc(-c3cccs3)oc2C)c1. The topological polar surface area (TPSA) is 38.5 Å². The first kappa shape index (κ1) is 17.3. The summed E-state index contributed by atoms with van der Waals surface area (Å²) in [5.41, 5.74) is 2.37. The molecule has 1 fully saturated rings. The maximum Gasteiger partial charge on any atom is 0.236 e. The Kier molecular flexibility index (Phi) is 5.09. The third-order valence-corrected chi connectivity index (χ3v) is 5.93. The van der Waals surface area contributed by atoms with Crippen LogP contribution in [-0.2, 0) is 6.54 Å². The smallest absolute Gasteiger partial charge is 0.236 e. The second-order valence-corrected chi connectivity index (χ2v) is 7.71. The highest BCUT2D eigenvalue weighted by molar-refractivity contribution is 7.13. The molecule has 0 aliphatic carbocycles. The van der Waals surface area contributed by atoms with Crippen LogP contribution in [-0.4, -0.2) is 23.5 Å². The summed E-state index contributed by atoms with van der Waals surface area (Å²) in [6.45, 7) is 3.93. The quantitative estimate of drug-likeness (QED) is 0.600. The molecule has 3 aromatic rings. The molecule has 0 radical (unpaired) electrons. The molecule has 3 heterocycles. The van der Waals surface area contributed by atoms with Crippen LogP contribution in [0.1, 0.15) is 42.3 Å². The fraction of sp³-hybridized carbons (Fsp3) is 0.381. The number of hydrogen-bond acceptors (Lipinski definition) is 5. The van der Waals surface area contributed by atoms with Crippen molar-refractivity contribution >= 4 is 11.3 Å². The molecule has 1 atom stereocenters. The summed E-state index contributed by atoms with van der Waals surface area (Å²) in [6.07, 6.45) is 3.66. The summed E-state index contributed by atoms with van der Waals surface area (Å²) in [5.74, 6) is 2.58.